The minimum atomic E-state index is -1.30. The van der Waals surface area contributed by atoms with Gasteiger partial charge < -0.3 is 4.74 Å². The number of hydrogen-bond acceptors (Lipinski definition) is 5. The second kappa shape index (κ2) is 10.7. The van der Waals surface area contributed by atoms with Gasteiger partial charge in [-0.2, -0.15) is 9.45 Å². The van der Waals surface area contributed by atoms with Crippen LogP contribution in [-0.2, 0) is 19.2 Å². The molecule has 0 aromatic rings. The van der Waals surface area contributed by atoms with Gasteiger partial charge in [0.25, 0.3) is 0 Å². The highest BCUT2D eigenvalue weighted by Gasteiger charge is 2.32. The van der Waals surface area contributed by atoms with E-state index < -0.39 is 12.0 Å². The molecule has 0 amide bonds. The molecule has 1 aliphatic carbocycles. The van der Waals surface area contributed by atoms with E-state index in [1.807, 2.05) is 7.05 Å². The third-order valence-electron chi connectivity index (χ3n) is 4.20. The van der Waals surface area contributed by atoms with Crippen LogP contribution in [0.5, 0.6) is 0 Å². The molecular weight excluding hydrogens is 301 g/mol. The molecule has 0 bridgehead atoms. The highest BCUT2D eigenvalue weighted by Crippen LogP contribution is 2.30. The standard InChI is InChI=1S/C17H30FNO4/c1-13(2)8-11-23-19(3)9-5-10-22-17(21)15-7-4-6-14(12-15)16(18)20/h13-15H,4-12H2,1-3H3. The molecule has 6 heteroatoms. The number of hydroxylamine groups is 2. The SMILES string of the molecule is CC(C)CCON(C)CCCOC(=O)C1CCCC(C(=O)F)C1. The molecule has 2 atom stereocenters. The van der Waals surface area contributed by atoms with Gasteiger partial charge in [0.15, 0.2) is 0 Å². The molecule has 2 unspecified atom stereocenters. The monoisotopic (exact) mass is 331 g/mol. The Morgan fingerprint density at radius 1 is 1.22 bits per heavy atom. The zero-order valence-corrected chi connectivity index (χ0v) is 14.6. The lowest BCUT2D eigenvalue weighted by molar-refractivity contribution is -0.156. The molecule has 1 rings (SSSR count). The minimum Gasteiger partial charge on any atom is -0.465 e. The maximum Gasteiger partial charge on any atom is 0.308 e. The van der Waals surface area contributed by atoms with Crippen molar-refractivity contribution >= 4 is 12.0 Å². The third-order valence-corrected chi connectivity index (χ3v) is 4.20. The summed E-state index contributed by atoms with van der Waals surface area (Å²) < 4.78 is 18.0. The summed E-state index contributed by atoms with van der Waals surface area (Å²) in [6.45, 7) is 5.99. The maximum atomic E-state index is 12.8. The van der Waals surface area contributed by atoms with Crippen molar-refractivity contribution in [2.75, 3.05) is 26.8 Å². The normalized spacial score (nSPS) is 21.7. The predicted molar refractivity (Wildman–Crippen MR) is 85.2 cm³/mol. The second-order valence-corrected chi connectivity index (χ2v) is 6.75. The van der Waals surface area contributed by atoms with Gasteiger partial charge in [-0.05, 0) is 38.0 Å². The summed E-state index contributed by atoms with van der Waals surface area (Å²) in [5, 5.41) is 1.76. The van der Waals surface area contributed by atoms with Crippen LogP contribution < -0.4 is 0 Å². The van der Waals surface area contributed by atoms with Crippen LogP contribution in [0.15, 0.2) is 0 Å². The highest BCUT2D eigenvalue weighted by atomic mass is 19.1. The molecule has 1 fully saturated rings. The number of esters is 1. The topological polar surface area (TPSA) is 55.8 Å². The number of nitrogens with zero attached hydrogens (tertiary/aromatic N) is 1. The van der Waals surface area contributed by atoms with Crippen molar-refractivity contribution in [3.63, 3.8) is 0 Å². The first kappa shape index (κ1) is 20.0. The van der Waals surface area contributed by atoms with Crippen LogP contribution in [0.25, 0.3) is 0 Å². The third kappa shape index (κ3) is 8.42. The Bertz CT molecular complexity index is 376. The lowest BCUT2D eigenvalue weighted by atomic mass is 9.82. The van der Waals surface area contributed by atoms with Crippen LogP contribution in [0.1, 0.15) is 52.4 Å². The van der Waals surface area contributed by atoms with E-state index in [4.69, 9.17) is 9.57 Å². The number of hydrogen-bond donors (Lipinski definition) is 0. The van der Waals surface area contributed by atoms with Crippen LogP contribution in [0.3, 0.4) is 0 Å². The van der Waals surface area contributed by atoms with E-state index in [1.165, 1.54) is 0 Å². The van der Waals surface area contributed by atoms with Gasteiger partial charge in [0, 0.05) is 13.6 Å². The van der Waals surface area contributed by atoms with E-state index in [1.54, 1.807) is 5.06 Å². The number of carbonyl (C=O) groups is 2. The Morgan fingerprint density at radius 2 is 1.91 bits per heavy atom. The van der Waals surface area contributed by atoms with E-state index in [-0.39, 0.29) is 18.3 Å². The summed E-state index contributed by atoms with van der Waals surface area (Å²) >= 11 is 0. The molecule has 1 saturated carbocycles. The summed E-state index contributed by atoms with van der Waals surface area (Å²) in [7, 11) is 1.86. The number of carbonyl (C=O) groups excluding carboxylic acids is 2. The molecule has 134 valence electrons. The molecule has 0 heterocycles. The number of ether oxygens (including phenoxy) is 1. The maximum absolute atomic E-state index is 12.8. The molecule has 1 aliphatic rings. The molecule has 0 saturated heterocycles. The lowest BCUT2D eigenvalue weighted by Gasteiger charge is -2.25. The number of rotatable bonds is 10. The quantitative estimate of drug-likeness (QED) is 0.266. The Labute approximate surface area is 138 Å². The van der Waals surface area contributed by atoms with Crippen LogP contribution in [0.4, 0.5) is 4.39 Å². The molecule has 23 heavy (non-hydrogen) atoms. The summed E-state index contributed by atoms with van der Waals surface area (Å²) in [4.78, 5) is 28.3. The fourth-order valence-corrected chi connectivity index (χ4v) is 2.70. The fourth-order valence-electron chi connectivity index (χ4n) is 2.70. The molecule has 0 aromatic carbocycles. The molecular formula is C17H30FNO4. The zero-order chi connectivity index (χ0) is 17.2. The Kier molecular flexibility index (Phi) is 9.33. The van der Waals surface area contributed by atoms with Crippen molar-refractivity contribution in [2.45, 2.75) is 52.4 Å². The van der Waals surface area contributed by atoms with Gasteiger partial charge in [-0.1, -0.05) is 20.3 Å². The molecule has 0 aromatic heterocycles. The van der Waals surface area contributed by atoms with Gasteiger partial charge in [0.2, 0.25) is 0 Å². The Hall–Kier alpha value is -1.01. The summed E-state index contributed by atoms with van der Waals surface area (Å²) in [5.74, 6) is -0.658. The lowest BCUT2D eigenvalue weighted by Crippen LogP contribution is -2.28. The average molecular weight is 331 g/mol. The van der Waals surface area contributed by atoms with Crippen molar-refractivity contribution in [3.05, 3.63) is 0 Å². The first-order chi connectivity index (χ1) is 10.9. The van der Waals surface area contributed by atoms with Crippen LogP contribution in [0, 0.1) is 17.8 Å². The van der Waals surface area contributed by atoms with Crippen molar-refractivity contribution < 1.29 is 23.6 Å². The predicted octanol–water partition coefficient (Wildman–Crippen LogP) is 3.13. The Morgan fingerprint density at radius 3 is 2.57 bits per heavy atom. The summed E-state index contributed by atoms with van der Waals surface area (Å²) in [5.41, 5.74) is 0. The largest absolute Gasteiger partial charge is 0.465 e. The molecule has 0 spiro atoms. The van der Waals surface area contributed by atoms with Gasteiger partial charge in [0.1, 0.15) is 0 Å². The van der Waals surface area contributed by atoms with Crippen LogP contribution in [0.2, 0.25) is 0 Å². The van der Waals surface area contributed by atoms with Crippen molar-refractivity contribution in [1.82, 2.24) is 5.06 Å². The fraction of sp³-hybridized carbons (Fsp3) is 0.882. The van der Waals surface area contributed by atoms with Gasteiger partial charge in [-0.25, -0.2) is 0 Å². The summed E-state index contributed by atoms with van der Waals surface area (Å²) in [6, 6.07) is -1.30. The molecule has 0 aliphatic heterocycles. The second-order valence-electron chi connectivity index (χ2n) is 6.75. The van der Waals surface area contributed by atoms with Crippen molar-refractivity contribution in [3.8, 4) is 0 Å². The van der Waals surface area contributed by atoms with E-state index in [0.717, 1.165) is 6.42 Å². The molecule has 5 nitrogen and oxygen atoms in total. The first-order valence-corrected chi connectivity index (χ1v) is 8.60. The van der Waals surface area contributed by atoms with E-state index >= 15 is 0 Å². The summed E-state index contributed by atoms with van der Waals surface area (Å²) in [6.07, 6.45) is 3.90. The van der Waals surface area contributed by atoms with Gasteiger partial charge >= 0.3 is 12.0 Å². The van der Waals surface area contributed by atoms with Crippen LogP contribution in [-0.4, -0.2) is 43.9 Å². The molecule has 0 radical (unpaired) electrons. The smallest absolute Gasteiger partial charge is 0.308 e. The van der Waals surface area contributed by atoms with Crippen molar-refractivity contribution in [1.29, 1.82) is 0 Å². The van der Waals surface area contributed by atoms with E-state index in [2.05, 4.69) is 13.8 Å². The van der Waals surface area contributed by atoms with Crippen molar-refractivity contribution in [2.24, 2.45) is 17.8 Å². The van der Waals surface area contributed by atoms with Gasteiger partial charge in [0.05, 0.1) is 25.0 Å². The van der Waals surface area contributed by atoms with Crippen LogP contribution >= 0.6 is 0 Å². The highest BCUT2D eigenvalue weighted by molar-refractivity contribution is 5.75. The van der Waals surface area contributed by atoms with Gasteiger partial charge in [-0.3, -0.25) is 14.4 Å². The Balaban J connectivity index is 2.12. The van der Waals surface area contributed by atoms with E-state index in [0.29, 0.717) is 51.4 Å². The average Bonchev–Trinajstić information content (AvgIpc) is 2.51. The first-order valence-electron chi connectivity index (χ1n) is 8.60. The zero-order valence-electron chi connectivity index (χ0n) is 14.6. The number of halogens is 1. The molecule has 0 N–H and O–H groups in total. The van der Waals surface area contributed by atoms with Gasteiger partial charge in [-0.15, -0.1) is 0 Å². The van der Waals surface area contributed by atoms with E-state index in [9.17, 15) is 14.0 Å². The minimum absolute atomic E-state index is 0.284.